The van der Waals surface area contributed by atoms with Crippen LogP contribution in [0.4, 0.5) is 0 Å². The van der Waals surface area contributed by atoms with Gasteiger partial charge in [-0.05, 0) is 40.5 Å². The summed E-state index contributed by atoms with van der Waals surface area (Å²) in [5.74, 6) is 1.58. The third-order valence-corrected chi connectivity index (χ3v) is 4.64. The number of hydrogen-bond donors (Lipinski definition) is 0. The molecule has 0 amide bonds. The first-order valence-corrected chi connectivity index (χ1v) is 7.79. The largest absolute Gasteiger partial charge is 0.486 e. The van der Waals surface area contributed by atoms with E-state index < -0.39 is 0 Å². The van der Waals surface area contributed by atoms with Crippen molar-refractivity contribution < 1.29 is 14.3 Å². The monoisotopic (exact) mass is 302 g/mol. The maximum Gasteiger partial charge on any atom is 0.194 e. The van der Waals surface area contributed by atoms with E-state index in [1.165, 1.54) is 0 Å². The van der Waals surface area contributed by atoms with Crippen LogP contribution in [-0.4, -0.2) is 19.0 Å². The molecule has 0 N–H and O–H groups in total. The third kappa shape index (κ3) is 1.80. The molecule has 0 bridgehead atoms. The van der Waals surface area contributed by atoms with Crippen LogP contribution in [0.5, 0.6) is 11.5 Å². The van der Waals surface area contributed by atoms with E-state index in [4.69, 9.17) is 9.47 Å². The van der Waals surface area contributed by atoms with Crippen molar-refractivity contribution in [3.63, 3.8) is 0 Å². The van der Waals surface area contributed by atoms with Crippen LogP contribution >= 0.6 is 0 Å². The Kier molecular flexibility index (Phi) is 2.54. The van der Waals surface area contributed by atoms with Crippen molar-refractivity contribution in [3.05, 3.63) is 70.8 Å². The second kappa shape index (κ2) is 4.59. The Bertz CT molecular complexity index is 972. The lowest BCUT2D eigenvalue weighted by Gasteiger charge is -2.23. The molecule has 0 spiro atoms. The highest BCUT2D eigenvalue weighted by atomic mass is 16.6. The summed E-state index contributed by atoms with van der Waals surface area (Å²) in [5.41, 5.74) is 3.79. The molecule has 0 aromatic heterocycles. The van der Waals surface area contributed by atoms with Gasteiger partial charge in [0.1, 0.15) is 13.2 Å². The van der Waals surface area contributed by atoms with Gasteiger partial charge in [0.2, 0.25) is 0 Å². The summed E-state index contributed by atoms with van der Waals surface area (Å²) >= 11 is 0. The molecular weight excluding hydrogens is 288 g/mol. The summed E-state index contributed by atoms with van der Waals surface area (Å²) < 4.78 is 11.3. The van der Waals surface area contributed by atoms with Crippen LogP contribution in [0.1, 0.15) is 27.0 Å². The Balaban J connectivity index is 1.79. The van der Waals surface area contributed by atoms with Gasteiger partial charge in [0.15, 0.2) is 17.3 Å². The molecule has 0 unspecified atom stereocenters. The Hall–Kier alpha value is -2.81. The highest BCUT2D eigenvalue weighted by Crippen LogP contribution is 2.39. The average molecular weight is 302 g/mol. The molecule has 0 radical (unpaired) electrons. The van der Waals surface area contributed by atoms with Gasteiger partial charge in [0.05, 0.1) is 0 Å². The van der Waals surface area contributed by atoms with Gasteiger partial charge in [-0.1, -0.05) is 36.4 Å². The second-order valence-electron chi connectivity index (χ2n) is 5.98. The van der Waals surface area contributed by atoms with E-state index in [9.17, 15) is 4.79 Å². The lowest BCUT2D eigenvalue weighted by molar-refractivity contribution is 0.103. The highest BCUT2D eigenvalue weighted by Gasteiger charge is 2.26. The van der Waals surface area contributed by atoms with Crippen LogP contribution in [0.25, 0.3) is 10.8 Å². The number of rotatable bonds is 0. The van der Waals surface area contributed by atoms with Gasteiger partial charge in [-0.2, -0.15) is 0 Å². The Morgan fingerprint density at radius 1 is 0.826 bits per heavy atom. The third-order valence-electron chi connectivity index (χ3n) is 4.64. The molecule has 0 saturated carbocycles. The fourth-order valence-corrected chi connectivity index (χ4v) is 3.56. The van der Waals surface area contributed by atoms with Crippen LogP contribution in [0.2, 0.25) is 0 Å². The Labute approximate surface area is 133 Å². The summed E-state index contributed by atoms with van der Waals surface area (Å²) in [7, 11) is 0. The predicted octanol–water partition coefficient (Wildman–Crippen LogP) is 3.75. The number of hydrogen-bond acceptors (Lipinski definition) is 3. The lowest BCUT2D eigenvalue weighted by atomic mass is 9.82. The van der Waals surface area contributed by atoms with E-state index in [0.717, 1.165) is 50.9 Å². The molecule has 23 heavy (non-hydrogen) atoms. The second-order valence-corrected chi connectivity index (χ2v) is 5.98. The summed E-state index contributed by atoms with van der Waals surface area (Å²) in [5, 5.41) is 1.96. The average Bonchev–Trinajstić information content (AvgIpc) is 2.60. The summed E-state index contributed by atoms with van der Waals surface area (Å²) in [4.78, 5) is 13.0. The van der Waals surface area contributed by atoms with E-state index in [1.807, 2.05) is 36.4 Å². The maximum atomic E-state index is 13.0. The minimum Gasteiger partial charge on any atom is -0.486 e. The summed E-state index contributed by atoms with van der Waals surface area (Å²) in [6, 6.07) is 15.9. The zero-order chi connectivity index (χ0) is 15.4. The van der Waals surface area contributed by atoms with Crippen molar-refractivity contribution in [3.8, 4) is 11.5 Å². The molecule has 1 heterocycles. The topological polar surface area (TPSA) is 35.5 Å². The molecule has 3 aromatic rings. The SMILES string of the molecule is O=C1c2ccccc2Cc2ccc3cc4c(cc3c21)OCCO4. The van der Waals surface area contributed by atoms with Crippen molar-refractivity contribution in [2.45, 2.75) is 6.42 Å². The van der Waals surface area contributed by atoms with Gasteiger partial charge in [0.25, 0.3) is 0 Å². The molecule has 0 saturated heterocycles. The molecule has 0 fully saturated rings. The van der Waals surface area contributed by atoms with Gasteiger partial charge in [-0.15, -0.1) is 0 Å². The number of carbonyl (C=O) groups is 1. The smallest absolute Gasteiger partial charge is 0.194 e. The van der Waals surface area contributed by atoms with E-state index in [-0.39, 0.29) is 5.78 Å². The van der Waals surface area contributed by atoms with E-state index in [0.29, 0.717) is 13.2 Å². The fraction of sp³-hybridized carbons (Fsp3) is 0.150. The van der Waals surface area contributed by atoms with Crippen molar-refractivity contribution in [1.82, 2.24) is 0 Å². The van der Waals surface area contributed by atoms with Gasteiger partial charge < -0.3 is 9.47 Å². The number of ketones is 1. The molecule has 0 atom stereocenters. The molecule has 1 aliphatic carbocycles. The van der Waals surface area contributed by atoms with Crippen LogP contribution < -0.4 is 9.47 Å². The van der Waals surface area contributed by atoms with Gasteiger partial charge >= 0.3 is 0 Å². The number of fused-ring (bicyclic) bond motifs is 5. The zero-order valence-electron chi connectivity index (χ0n) is 12.5. The predicted molar refractivity (Wildman–Crippen MR) is 87.6 cm³/mol. The summed E-state index contributed by atoms with van der Waals surface area (Å²) in [6.07, 6.45) is 0.793. The molecular formula is C20H14O3. The molecule has 5 rings (SSSR count). The van der Waals surface area contributed by atoms with Gasteiger partial charge in [-0.3, -0.25) is 4.79 Å². The first-order valence-electron chi connectivity index (χ1n) is 7.79. The molecule has 1 aliphatic heterocycles. The lowest BCUT2D eigenvalue weighted by Crippen LogP contribution is -2.17. The van der Waals surface area contributed by atoms with E-state index in [2.05, 4.69) is 12.1 Å². The fourth-order valence-electron chi connectivity index (χ4n) is 3.56. The first kappa shape index (κ1) is 12.7. The van der Waals surface area contributed by atoms with Crippen LogP contribution in [-0.2, 0) is 6.42 Å². The van der Waals surface area contributed by atoms with Crippen molar-refractivity contribution in [2.75, 3.05) is 13.2 Å². The number of carbonyl (C=O) groups excluding carboxylic acids is 1. The Morgan fingerprint density at radius 3 is 2.48 bits per heavy atom. The molecule has 3 nitrogen and oxygen atoms in total. The minimum absolute atomic E-state index is 0.101. The van der Waals surface area contributed by atoms with E-state index >= 15 is 0 Å². The quantitative estimate of drug-likeness (QED) is 0.496. The molecule has 3 aromatic carbocycles. The van der Waals surface area contributed by atoms with Crippen molar-refractivity contribution in [1.29, 1.82) is 0 Å². The maximum absolute atomic E-state index is 13.0. The normalized spacial score (nSPS) is 15.2. The van der Waals surface area contributed by atoms with Gasteiger partial charge in [-0.25, -0.2) is 0 Å². The van der Waals surface area contributed by atoms with Crippen LogP contribution in [0, 0.1) is 0 Å². The van der Waals surface area contributed by atoms with E-state index in [1.54, 1.807) is 0 Å². The Morgan fingerprint density at radius 2 is 1.61 bits per heavy atom. The zero-order valence-corrected chi connectivity index (χ0v) is 12.5. The number of benzene rings is 3. The summed E-state index contributed by atoms with van der Waals surface area (Å²) in [6.45, 7) is 1.11. The first-order chi connectivity index (χ1) is 11.3. The minimum atomic E-state index is 0.101. The van der Waals surface area contributed by atoms with Crippen LogP contribution in [0.15, 0.2) is 48.5 Å². The molecule has 112 valence electrons. The van der Waals surface area contributed by atoms with Crippen LogP contribution in [0.3, 0.4) is 0 Å². The van der Waals surface area contributed by atoms with Crippen molar-refractivity contribution >= 4 is 16.6 Å². The number of ether oxygens (including phenoxy) is 2. The highest BCUT2D eigenvalue weighted by molar-refractivity contribution is 6.19. The van der Waals surface area contributed by atoms with Crippen molar-refractivity contribution in [2.24, 2.45) is 0 Å². The molecule has 3 heteroatoms. The standard InChI is InChI=1S/C20H14O3/c21-20-15-4-2-1-3-12(15)9-14-6-5-13-10-17-18(23-8-7-22-17)11-16(13)19(14)20/h1-6,10-11H,7-9H2. The molecule has 2 aliphatic rings. The van der Waals surface area contributed by atoms with Gasteiger partial charge in [0, 0.05) is 11.1 Å².